The zero-order valence-corrected chi connectivity index (χ0v) is 9.46. The molecule has 0 radical (unpaired) electrons. The Bertz CT molecular complexity index is 327. The zero-order valence-electron chi connectivity index (χ0n) is 9.46. The monoisotopic (exact) mass is 224 g/mol. The third-order valence-corrected chi connectivity index (χ3v) is 3.47. The third-order valence-electron chi connectivity index (χ3n) is 3.47. The predicted molar refractivity (Wildman–Crippen MR) is 62.0 cm³/mol. The first-order valence-electron chi connectivity index (χ1n) is 6.13. The first kappa shape index (κ1) is 11.6. The van der Waals surface area contributed by atoms with Crippen LogP contribution in [0.1, 0.15) is 49.1 Å². The van der Waals surface area contributed by atoms with Crippen molar-refractivity contribution in [3.8, 4) is 0 Å². The van der Waals surface area contributed by atoms with Crippen molar-refractivity contribution in [3.63, 3.8) is 0 Å². The Morgan fingerprint density at radius 2 is 1.75 bits per heavy atom. The van der Waals surface area contributed by atoms with E-state index in [2.05, 4.69) is 0 Å². The number of halogens is 2. The van der Waals surface area contributed by atoms with Crippen molar-refractivity contribution in [3.05, 3.63) is 35.4 Å². The molecule has 2 rings (SSSR count). The molecule has 1 aliphatic carbocycles. The SMILES string of the molecule is FC(F)Cc1ccccc1C1CCCCC1. The van der Waals surface area contributed by atoms with Crippen molar-refractivity contribution in [2.75, 3.05) is 0 Å². The molecule has 1 aromatic carbocycles. The molecule has 2 heteroatoms. The Morgan fingerprint density at radius 3 is 2.44 bits per heavy atom. The van der Waals surface area contributed by atoms with E-state index in [1.165, 1.54) is 37.7 Å². The molecule has 0 atom stereocenters. The average Bonchev–Trinajstić information content (AvgIpc) is 2.30. The van der Waals surface area contributed by atoms with Crippen LogP contribution in [-0.2, 0) is 6.42 Å². The van der Waals surface area contributed by atoms with E-state index >= 15 is 0 Å². The topological polar surface area (TPSA) is 0 Å². The average molecular weight is 224 g/mol. The Morgan fingerprint density at radius 1 is 1.06 bits per heavy atom. The van der Waals surface area contributed by atoms with E-state index in [0.29, 0.717) is 5.92 Å². The molecule has 1 fully saturated rings. The minimum Gasteiger partial charge on any atom is -0.210 e. The Kier molecular flexibility index (Phi) is 3.92. The first-order valence-corrected chi connectivity index (χ1v) is 6.13. The molecule has 0 bridgehead atoms. The van der Waals surface area contributed by atoms with Gasteiger partial charge in [0, 0.05) is 6.42 Å². The molecule has 0 spiro atoms. The van der Waals surface area contributed by atoms with E-state index in [4.69, 9.17) is 0 Å². The lowest BCUT2D eigenvalue weighted by molar-refractivity contribution is 0.148. The Hall–Kier alpha value is -0.920. The Labute approximate surface area is 95.7 Å². The summed E-state index contributed by atoms with van der Waals surface area (Å²) in [5.74, 6) is 0.517. The molecular weight excluding hydrogens is 206 g/mol. The second-order valence-electron chi connectivity index (χ2n) is 4.63. The van der Waals surface area contributed by atoms with E-state index in [9.17, 15) is 8.78 Å². The highest BCUT2D eigenvalue weighted by Crippen LogP contribution is 2.34. The summed E-state index contributed by atoms with van der Waals surface area (Å²) in [6.45, 7) is 0. The van der Waals surface area contributed by atoms with Gasteiger partial charge in [-0.1, -0.05) is 43.5 Å². The number of rotatable bonds is 3. The highest BCUT2D eigenvalue weighted by molar-refractivity contribution is 5.31. The van der Waals surface area contributed by atoms with Gasteiger partial charge in [0.15, 0.2) is 0 Å². The molecule has 16 heavy (non-hydrogen) atoms. The van der Waals surface area contributed by atoms with Gasteiger partial charge in [0.05, 0.1) is 0 Å². The van der Waals surface area contributed by atoms with E-state index in [-0.39, 0.29) is 6.42 Å². The lowest BCUT2D eigenvalue weighted by atomic mass is 9.81. The van der Waals surface area contributed by atoms with E-state index in [0.717, 1.165) is 5.56 Å². The van der Waals surface area contributed by atoms with Crippen LogP contribution in [0.15, 0.2) is 24.3 Å². The summed E-state index contributed by atoms with van der Waals surface area (Å²) in [4.78, 5) is 0. The quantitative estimate of drug-likeness (QED) is 0.707. The fourth-order valence-corrected chi connectivity index (χ4v) is 2.70. The van der Waals surface area contributed by atoms with Gasteiger partial charge < -0.3 is 0 Å². The maximum absolute atomic E-state index is 12.5. The number of hydrogen-bond acceptors (Lipinski definition) is 0. The minimum absolute atomic E-state index is 0.0906. The summed E-state index contributed by atoms with van der Waals surface area (Å²) in [7, 11) is 0. The van der Waals surface area contributed by atoms with Gasteiger partial charge in [-0.15, -0.1) is 0 Å². The molecule has 1 aliphatic rings. The first-order chi connectivity index (χ1) is 7.77. The maximum atomic E-state index is 12.5. The molecule has 1 saturated carbocycles. The number of hydrogen-bond donors (Lipinski definition) is 0. The highest BCUT2D eigenvalue weighted by atomic mass is 19.3. The summed E-state index contributed by atoms with van der Waals surface area (Å²) in [5, 5.41) is 0. The molecule has 0 nitrogen and oxygen atoms in total. The maximum Gasteiger partial charge on any atom is 0.242 e. The molecule has 0 amide bonds. The van der Waals surface area contributed by atoms with E-state index in [1.54, 1.807) is 0 Å². The van der Waals surface area contributed by atoms with Crippen LogP contribution in [0, 0.1) is 0 Å². The summed E-state index contributed by atoms with van der Waals surface area (Å²) in [6, 6.07) is 7.73. The van der Waals surface area contributed by atoms with Crippen molar-refractivity contribution in [2.24, 2.45) is 0 Å². The van der Waals surface area contributed by atoms with Crippen LogP contribution in [0.2, 0.25) is 0 Å². The van der Waals surface area contributed by atoms with E-state index in [1.807, 2.05) is 24.3 Å². The van der Waals surface area contributed by atoms with Gasteiger partial charge in [-0.3, -0.25) is 0 Å². The Balaban J connectivity index is 2.17. The largest absolute Gasteiger partial charge is 0.242 e. The van der Waals surface area contributed by atoms with Crippen LogP contribution in [-0.4, -0.2) is 6.43 Å². The second kappa shape index (κ2) is 5.42. The summed E-state index contributed by atoms with van der Waals surface area (Å²) >= 11 is 0. The molecule has 1 aromatic rings. The van der Waals surface area contributed by atoms with Crippen LogP contribution in [0.3, 0.4) is 0 Å². The van der Waals surface area contributed by atoms with Crippen LogP contribution >= 0.6 is 0 Å². The predicted octanol–water partition coefficient (Wildman–Crippen LogP) is 4.54. The number of benzene rings is 1. The van der Waals surface area contributed by atoms with Crippen molar-refractivity contribution < 1.29 is 8.78 Å². The fourth-order valence-electron chi connectivity index (χ4n) is 2.70. The van der Waals surface area contributed by atoms with Gasteiger partial charge in [0.2, 0.25) is 6.43 Å². The molecule has 0 aromatic heterocycles. The summed E-state index contributed by atoms with van der Waals surface area (Å²) < 4.78 is 24.9. The molecule has 0 aliphatic heterocycles. The highest BCUT2D eigenvalue weighted by Gasteiger charge is 2.19. The molecule has 0 heterocycles. The normalized spacial score (nSPS) is 17.9. The summed E-state index contributed by atoms with van der Waals surface area (Å²) in [6.07, 6.45) is 3.80. The van der Waals surface area contributed by atoms with Crippen LogP contribution in [0.25, 0.3) is 0 Å². The second-order valence-corrected chi connectivity index (χ2v) is 4.63. The van der Waals surface area contributed by atoms with Gasteiger partial charge in [-0.05, 0) is 29.9 Å². The van der Waals surface area contributed by atoms with Gasteiger partial charge in [0.25, 0.3) is 0 Å². The standard InChI is InChI=1S/C14H18F2/c15-14(16)10-12-8-4-5-9-13(12)11-6-2-1-3-7-11/h4-5,8-9,11,14H,1-3,6-7,10H2. The van der Waals surface area contributed by atoms with Crippen molar-refractivity contribution >= 4 is 0 Å². The van der Waals surface area contributed by atoms with Crippen LogP contribution in [0.4, 0.5) is 8.78 Å². The lowest BCUT2D eigenvalue weighted by Crippen LogP contribution is -2.09. The van der Waals surface area contributed by atoms with Gasteiger partial charge in [-0.2, -0.15) is 0 Å². The van der Waals surface area contributed by atoms with Gasteiger partial charge in [0.1, 0.15) is 0 Å². The zero-order chi connectivity index (χ0) is 11.4. The molecule has 0 saturated heterocycles. The van der Waals surface area contributed by atoms with Crippen molar-refractivity contribution in [1.29, 1.82) is 0 Å². The molecule has 88 valence electrons. The molecular formula is C14H18F2. The van der Waals surface area contributed by atoms with Crippen LogP contribution in [0.5, 0.6) is 0 Å². The van der Waals surface area contributed by atoms with Gasteiger partial charge in [-0.25, -0.2) is 8.78 Å². The van der Waals surface area contributed by atoms with Crippen LogP contribution < -0.4 is 0 Å². The van der Waals surface area contributed by atoms with Crippen molar-refractivity contribution in [1.82, 2.24) is 0 Å². The smallest absolute Gasteiger partial charge is 0.210 e. The number of alkyl halides is 2. The fraction of sp³-hybridized carbons (Fsp3) is 0.571. The van der Waals surface area contributed by atoms with Gasteiger partial charge >= 0.3 is 0 Å². The minimum atomic E-state index is -2.23. The summed E-state index contributed by atoms with van der Waals surface area (Å²) in [5.41, 5.74) is 2.02. The third kappa shape index (κ3) is 2.81. The van der Waals surface area contributed by atoms with E-state index < -0.39 is 6.43 Å². The lowest BCUT2D eigenvalue weighted by Gasteiger charge is -2.24. The van der Waals surface area contributed by atoms with Crippen molar-refractivity contribution in [2.45, 2.75) is 50.9 Å². The molecule has 0 unspecified atom stereocenters. The molecule has 0 N–H and O–H groups in total.